The molecule has 1 saturated heterocycles. The van der Waals surface area contributed by atoms with Crippen molar-refractivity contribution in [3.8, 4) is 0 Å². The average molecular weight is 354 g/mol. The molecule has 2 aromatic rings. The highest BCUT2D eigenvalue weighted by Crippen LogP contribution is 2.46. The first-order valence-electron chi connectivity index (χ1n) is 9.48. The number of aryl methyl sites for hydroxylation is 2. The molecule has 2 heterocycles. The predicted molar refractivity (Wildman–Crippen MR) is 99.1 cm³/mol. The molecule has 2 aliphatic rings. The topological polar surface area (TPSA) is 71.3 Å². The number of urea groups is 1. The molecule has 0 spiro atoms. The zero-order valence-electron chi connectivity index (χ0n) is 15.5. The second-order valence-corrected chi connectivity index (χ2v) is 7.80. The molecule has 0 radical (unpaired) electrons. The van der Waals surface area contributed by atoms with E-state index < -0.39 is 0 Å². The Balaban J connectivity index is 1.44. The number of piperidine rings is 1. The molecule has 26 heavy (non-hydrogen) atoms. The number of nitrogens with zero attached hydrogens (tertiary/aromatic N) is 3. The normalized spacial score (nSPS) is 19.4. The van der Waals surface area contributed by atoms with Crippen LogP contribution in [0.5, 0.6) is 0 Å². The van der Waals surface area contributed by atoms with Gasteiger partial charge in [-0.25, -0.2) is 4.79 Å². The Morgan fingerprint density at radius 2 is 2.00 bits per heavy atom. The third kappa shape index (κ3) is 3.45. The van der Waals surface area contributed by atoms with E-state index in [9.17, 15) is 4.79 Å². The molecule has 1 saturated carbocycles. The fourth-order valence-corrected chi connectivity index (χ4v) is 3.95. The average Bonchev–Trinajstić information content (AvgIpc) is 3.34. The van der Waals surface area contributed by atoms with E-state index in [1.54, 1.807) is 0 Å². The van der Waals surface area contributed by atoms with Gasteiger partial charge >= 0.3 is 6.03 Å². The highest BCUT2D eigenvalue weighted by Gasteiger charge is 2.44. The summed E-state index contributed by atoms with van der Waals surface area (Å²) in [6.45, 7) is 5.28. The molecular formula is C20H26N4O2. The lowest BCUT2D eigenvalue weighted by Crippen LogP contribution is -2.47. The fourth-order valence-electron chi connectivity index (χ4n) is 3.95. The van der Waals surface area contributed by atoms with Crippen LogP contribution in [0.3, 0.4) is 0 Å². The van der Waals surface area contributed by atoms with Crippen LogP contribution in [0.2, 0.25) is 0 Å². The number of benzene rings is 1. The van der Waals surface area contributed by atoms with Gasteiger partial charge in [-0.1, -0.05) is 36.2 Å². The molecule has 6 heteroatoms. The molecule has 138 valence electrons. The Morgan fingerprint density at radius 1 is 1.27 bits per heavy atom. The maximum atomic E-state index is 12.7. The van der Waals surface area contributed by atoms with Gasteiger partial charge in [-0.15, -0.1) is 0 Å². The number of rotatable bonds is 4. The zero-order chi connectivity index (χ0) is 18.1. The van der Waals surface area contributed by atoms with E-state index in [1.165, 1.54) is 12.8 Å². The Bertz CT molecular complexity index is 789. The first-order chi connectivity index (χ1) is 12.6. The Kier molecular flexibility index (Phi) is 4.42. The summed E-state index contributed by atoms with van der Waals surface area (Å²) in [6, 6.07) is 7.84. The van der Waals surface area contributed by atoms with Crippen molar-refractivity contribution in [2.24, 2.45) is 5.92 Å². The fraction of sp³-hybridized carbons (Fsp3) is 0.550. The molecule has 0 unspecified atom stereocenters. The molecule has 1 aliphatic heterocycles. The number of likely N-dealkylation sites (tertiary alicyclic amines) is 1. The van der Waals surface area contributed by atoms with Crippen LogP contribution in [0.4, 0.5) is 10.5 Å². The quantitative estimate of drug-likeness (QED) is 0.899. The van der Waals surface area contributed by atoms with Crippen molar-refractivity contribution in [1.82, 2.24) is 15.0 Å². The largest absolute Gasteiger partial charge is 0.340 e. The van der Waals surface area contributed by atoms with Gasteiger partial charge in [0.2, 0.25) is 5.89 Å². The third-order valence-corrected chi connectivity index (χ3v) is 5.77. The summed E-state index contributed by atoms with van der Waals surface area (Å²) < 4.78 is 5.26. The van der Waals surface area contributed by atoms with Crippen LogP contribution in [0, 0.1) is 19.8 Å². The second-order valence-electron chi connectivity index (χ2n) is 7.80. The number of anilines is 1. The van der Waals surface area contributed by atoms with E-state index in [2.05, 4.69) is 15.5 Å². The zero-order valence-corrected chi connectivity index (χ0v) is 15.5. The summed E-state index contributed by atoms with van der Waals surface area (Å²) in [4.78, 5) is 19.1. The number of aromatic nitrogens is 2. The van der Waals surface area contributed by atoms with Crippen molar-refractivity contribution in [1.29, 1.82) is 0 Å². The van der Waals surface area contributed by atoms with E-state index in [4.69, 9.17) is 4.52 Å². The van der Waals surface area contributed by atoms with Crippen molar-refractivity contribution in [2.75, 3.05) is 18.4 Å². The number of para-hydroxylation sites is 1. The van der Waals surface area contributed by atoms with Gasteiger partial charge in [0, 0.05) is 31.1 Å². The highest BCUT2D eigenvalue weighted by molar-refractivity contribution is 5.90. The highest BCUT2D eigenvalue weighted by atomic mass is 16.5. The molecule has 1 aromatic carbocycles. The van der Waals surface area contributed by atoms with Crippen molar-refractivity contribution < 1.29 is 9.32 Å². The number of nitrogens with one attached hydrogen (secondary N) is 1. The summed E-state index contributed by atoms with van der Waals surface area (Å²) >= 11 is 0. The first kappa shape index (κ1) is 17.1. The minimum absolute atomic E-state index is 0.0244. The maximum Gasteiger partial charge on any atom is 0.321 e. The summed E-state index contributed by atoms with van der Waals surface area (Å²) in [5.74, 6) is 2.23. The van der Waals surface area contributed by atoms with Gasteiger partial charge in [-0.2, -0.15) is 4.98 Å². The van der Waals surface area contributed by atoms with Gasteiger partial charge in [0.05, 0.1) is 0 Å². The monoisotopic (exact) mass is 354 g/mol. The molecule has 0 bridgehead atoms. The minimum Gasteiger partial charge on any atom is -0.340 e. The van der Waals surface area contributed by atoms with E-state index in [0.717, 1.165) is 55.3 Å². The second kappa shape index (κ2) is 6.74. The van der Waals surface area contributed by atoms with Crippen molar-refractivity contribution in [3.63, 3.8) is 0 Å². The first-order valence-corrected chi connectivity index (χ1v) is 9.48. The Morgan fingerprint density at radius 3 is 2.62 bits per heavy atom. The van der Waals surface area contributed by atoms with E-state index in [1.807, 2.05) is 43.0 Å². The predicted octanol–water partition coefficient (Wildman–Crippen LogP) is 4.05. The van der Waals surface area contributed by atoms with Crippen LogP contribution in [0.15, 0.2) is 28.8 Å². The van der Waals surface area contributed by atoms with E-state index in [0.29, 0.717) is 5.89 Å². The third-order valence-electron chi connectivity index (χ3n) is 5.77. The smallest absolute Gasteiger partial charge is 0.321 e. The van der Waals surface area contributed by atoms with Gasteiger partial charge in [0.15, 0.2) is 5.82 Å². The standard InChI is InChI=1S/C20H26N4O2/c1-14-5-3-4-6-17(14)22-19(25)24-11-9-20(10-12-24,13-16-7-8-16)18-21-15(2)26-23-18/h3-6,16H,7-13H2,1-2H3,(H,22,25). The lowest BCUT2D eigenvalue weighted by molar-refractivity contribution is 0.153. The number of hydrogen-bond acceptors (Lipinski definition) is 4. The van der Waals surface area contributed by atoms with E-state index in [-0.39, 0.29) is 11.4 Å². The number of hydrogen-bond donors (Lipinski definition) is 1. The maximum absolute atomic E-state index is 12.7. The summed E-state index contributed by atoms with van der Waals surface area (Å²) in [5, 5.41) is 7.28. The van der Waals surface area contributed by atoms with Crippen LogP contribution < -0.4 is 5.32 Å². The molecule has 0 atom stereocenters. The van der Waals surface area contributed by atoms with Crippen LogP contribution in [0.25, 0.3) is 0 Å². The lowest BCUT2D eigenvalue weighted by atomic mass is 9.73. The molecule has 4 rings (SSSR count). The minimum atomic E-state index is -0.0433. The van der Waals surface area contributed by atoms with Crippen LogP contribution >= 0.6 is 0 Å². The van der Waals surface area contributed by atoms with Crippen LogP contribution in [-0.2, 0) is 5.41 Å². The number of carbonyl (C=O) groups is 1. The number of amides is 2. The van der Waals surface area contributed by atoms with E-state index >= 15 is 0 Å². The Labute approximate surface area is 154 Å². The molecule has 2 fully saturated rings. The Hall–Kier alpha value is -2.37. The van der Waals surface area contributed by atoms with Crippen molar-refractivity contribution in [2.45, 2.75) is 51.4 Å². The molecule has 1 aliphatic carbocycles. The van der Waals surface area contributed by atoms with Gasteiger partial charge in [-0.05, 0) is 43.7 Å². The van der Waals surface area contributed by atoms with Gasteiger partial charge < -0.3 is 14.7 Å². The molecule has 2 amide bonds. The van der Waals surface area contributed by atoms with Crippen molar-refractivity contribution in [3.05, 3.63) is 41.5 Å². The summed E-state index contributed by atoms with van der Waals surface area (Å²) in [6.07, 6.45) is 5.50. The molecule has 6 nitrogen and oxygen atoms in total. The summed E-state index contributed by atoms with van der Waals surface area (Å²) in [7, 11) is 0. The van der Waals surface area contributed by atoms with Crippen molar-refractivity contribution >= 4 is 11.7 Å². The number of carbonyl (C=O) groups excluding carboxylic acids is 1. The molecule has 1 N–H and O–H groups in total. The lowest BCUT2D eigenvalue weighted by Gasteiger charge is -2.40. The van der Waals surface area contributed by atoms with Crippen LogP contribution in [0.1, 0.15) is 49.4 Å². The van der Waals surface area contributed by atoms with Gasteiger partial charge in [-0.3, -0.25) is 0 Å². The molecule has 1 aromatic heterocycles. The summed E-state index contributed by atoms with van der Waals surface area (Å²) in [5.41, 5.74) is 1.91. The SMILES string of the molecule is Cc1nc(C2(CC3CC3)CCN(C(=O)Nc3ccccc3C)CC2)no1. The molecular weight excluding hydrogens is 328 g/mol. The van der Waals surface area contributed by atoms with Gasteiger partial charge in [0.1, 0.15) is 0 Å². The van der Waals surface area contributed by atoms with Gasteiger partial charge in [0.25, 0.3) is 0 Å². The van der Waals surface area contributed by atoms with Crippen LogP contribution in [-0.4, -0.2) is 34.2 Å².